The van der Waals surface area contributed by atoms with E-state index in [1.165, 1.54) is 0 Å². The van der Waals surface area contributed by atoms with Gasteiger partial charge in [0, 0.05) is 28.6 Å². The van der Waals surface area contributed by atoms with Crippen LogP contribution in [0.4, 0.5) is 0 Å². The van der Waals surface area contributed by atoms with Crippen molar-refractivity contribution in [3.8, 4) is 34.3 Å². The van der Waals surface area contributed by atoms with Crippen molar-refractivity contribution in [3.63, 3.8) is 0 Å². The third-order valence-corrected chi connectivity index (χ3v) is 7.76. The molecule has 0 saturated carbocycles. The van der Waals surface area contributed by atoms with E-state index in [0.29, 0.717) is 48.0 Å². The predicted octanol–water partition coefficient (Wildman–Crippen LogP) is 4.83. The molecule has 9 nitrogen and oxygen atoms in total. The molecule has 0 bridgehead atoms. The number of aromatic nitrogens is 1. The molecule has 0 radical (unpaired) electrons. The lowest BCUT2D eigenvalue weighted by Gasteiger charge is -2.22. The summed E-state index contributed by atoms with van der Waals surface area (Å²) in [6, 6.07) is 16.7. The van der Waals surface area contributed by atoms with Crippen LogP contribution in [-0.2, 0) is 11.3 Å². The maximum absolute atomic E-state index is 13.5. The number of fused-ring (bicyclic) bond motifs is 3. The van der Waals surface area contributed by atoms with Gasteiger partial charge in [0.05, 0.1) is 46.0 Å². The zero-order valence-electron chi connectivity index (χ0n) is 23.4. The average molecular weight is 554 g/mol. The van der Waals surface area contributed by atoms with Crippen LogP contribution in [0.3, 0.4) is 0 Å². The number of rotatable bonds is 6. The molecule has 210 valence electrons. The first-order valence-corrected chi connectivity index (χ1v) is 13.5. The number of ether oxygens (including phenoxy) is 4. The third-order valence-electron chi connectivity index (χ3n) is 7.76. The fraction of sp³-hybridized carbons (Fsp3) is 0.281. The van der Waals surface area contributed by atoms with Gasteiger partial charge in [-0.1, -0.05) is 18.2 Å². The molecule has 1 aromatic heterocycles. The Balaban J connectivity index is 1.34. The highest BCUT2D eigenvalue weighted by Gasteiger charge is 2.32. The Kier molecular flexibility index (Phi) is 6.86. The van der Waals surface area contributed by atoms with Gasteiger partial charge >= 0.3 is 0 Å². The van der Waals surface area contributed by atoms with Crippen molar-refractivity contribution in [3.05, 3.63) is 76.9 Å². The van der Waals surface area contributed by atoms with Gasteiger partial charge in [0.15, 0.2) is 11.5 Å². The topological polar surface area (TPSA) is 99.2 Å². The number of pyridine rings is 1. The van der Waals surface area contributed by atoms with Gasteiger partial charge in [-0.05, 0) is 54.4 Å². The molecule has 9 heteroatoms. The first-order valence-electron chi connectivity index (χ1n) is 13.5. The summed E-state index contributed by atoms with van der Waals surface area (Å²) in [7, 11) is 4.86. The quantitative estimate of drug-likeness (QED) is 0.365. The van der Waals surface area contributed by atoms with Gasteiger partial charge in [0.25, 0.3) is 5.91 Å². The largest absolute Gasteiger partial charge is 0.496 e. The smallest absolute Gasteiger partial charge is 0.252 e. The number of carbonyl (C=O) groups is 2. The Morgan fingerprint density at radius 1 is 1.02 bits per heavy atom. The minimum Gasteiger partial charge on any atom is -0.496 e. The summed E-state index contributed by atoms with van der Waals surface area (Å²) < 4.78 is 23.0. The molecule has 3 aromatic carbocycles. The highest BCUT2D eigenvalue weighted by Crippen LogP contribution is 2.41. The first-order chi connectivity index (χ1) is 19.9. The Bertz CT molecular complexity index is 1680. The van der Waals surface area contributed by atoms with E-state index in [0.717, 1.165) is 39.1 Å². The summed E-state index contributed by atoms with van der Waals surface area (Å²) >= 11 is 0. The number of aryl methyl sites for hydroxylation is 1. The third kappa shape index (κ3) is 4.67. The fourth-order valence-electron chi connectivity index (χ4n) is 5.74. The zero-order chi connectivity index (χ0) is 28.7. The Morgan fingerprint density at radius 3 is 2.56 bits per heavy atom. The second-order valence-corrected chi connectivity index (χ2v) is 10.2. The van der Waals surface area contributed by atoms with E-state index in [4.69, 9.17) is 23.9 Å². The molecule has 2 aliphatic heterocycles. The molecule has 6 rings (SSSR count). The molecule has 4 aromatic rings. The zero-order valence-corrected chi connectivity index (χ0v) is 23.4. The van der Waals surface area contributed by atoms with E-state index in [1.54, 1.807) is 32.3 Å². The van der Waals surface area contributed by atoms with Crippen molar-refractivity contribution in [1.29, 1.82) is 0 Å². The average Bonchev–Trinajstić information content (AvgIpc) is 3.15. The number of nitrogens with zero attached hydrogens (tertiary/aromatic N) is 2. The van der Waals surface area contributed by atoms with Crippen molar-refractivity contribution in [2.24, 2.45) is 0 Å². The number of methoxy groups -OCH3 is 3. The lowest BCUT2D eigenvalue weighted by atomic mass is 10.0. The van der Waals surface area contributed by atoms with Gasteiger partial charge in [-0.15, -0.1) is 0 Å². The Hall–Kier alpha value is -4.79. The molecule has 0 unspecified atom stereocenters. The van der Waals surface area contributed by atoms with Crippen LogP contribution in [0.1, 0.15) is 39.5 Å². The highest BCUT2D eigenvalue weighted by atomic mass is 16.5. The van der Waals surface area contributed by atoms with E-state index in [2.05, 4.69) is 5.32 Å². The van der Waals surface area contributed by atoms with E-state index in [-0.39, 0.29) is 24.3 Å². The normalized spacial score (nSPS) is 15.9. The maximum Gasteiger partial charge on any atom is 0.252 e. The SMILES string of the molecule is COc1cc(-c2cc(C)c3c(OC)ccc(OC)c3n2)cc2c1OCCN(C(=O)C[C@@H]1NC(=O)c3ccccc31)C2. The van der Waals surface area contributed by atoms with Crippen LogP contribution in [0.5, 0.6) is 23.0 Å². The summed E-state index contributed by atoms with van der Waals surface area (Å²) in [4.78, 5) is 32.6. The first kappa shape index (κ1) is 26.4. The molecule has 1 N–H and O–H groups in total. The fourth-order valence-corrected chi connectivity index (χ4v) is 5.74. The molecule has 41 heavy (non-hydrogen) atoms. The maximum atomic E-state index is 13.5. The van der Waals surface area contributed by atoms with Crippen molar-refractivity contribution >= 4 is 22.7 Å². The second kappa shape index (κ2) is 10.6. The van der Waals surface area contributed by atoms with E-state index < -0.39 is 0 Å². The molecule has 0 spiro atoms. The molecule has 2 aliphatic rings. The van der Waals surface area contributed by atoms with Crippen LogP contribution in [-0.4, -0.2) is 56.2 Å². The molecule has 0 saturated heterocycles. The summed E-state index contributed by atoms with van der Waals surface area (Å²) in [5, 5.41) is 3.83. The molecular formula is C32H31N3O6. The molecule has 3 heterocycles. The standard InChI is InChI=1S/C32H31N3O6/c1-18-13-23(33-30-26(39-3)10-9-25(38-2)29(18)30)19-14-20-17-35(11-12-41-31(20)27(15-19)40-4)28(36)16-24-21-7-5-6-8-22(21)32(37)34-24/h5-10,13-15,24H,11-12,16-17H2,1-4H3,(H,34,37)/t24-/m0/s1. The molecule has 0 fully saturated rings. The molecule has 2 amide bonds. The predicted molar refractivity (Wildman–Crippen MR) is 154 cm³/mol. The number of hydrogen-bond donors (Lipinski definition) is 1. The van der Waals surface area contributed by atoms with Gasteiger partial charge < -0.3 is 29.2 Å². The number of benzene rings is 3. The van der Waals surface area contributed by atoms with Gasteiger partial charge in [-0.2, -0.15) is 0 Å². The summed E-state index contributed by atoms with van der Waals surface area (Å²) in [5.41, 5.74) is 5.53. The van der Waals surface area contributed by atoms with Crippen LogP contribution in [0.2, 0.25) is 0 Å². The van der Waals surface area contributed by atoms with Gasteiger partial charge in [-0.3, -0.25) is 9.59 Å². The molecule has 0 aliphatic carbocycles. The van der Waals surface area contributed by atoms with E-state index >= 15 is 0 Å². The van der Waals surface area contributed by atoms with Crippen LogP contribution < -0.4 is 24.3 Å². The van der Waals surface area contributed by atoms with Crippen LogP contribution in [0.15, 0.2) is 54.6 Å². The lowest BCUT2D eigenvalue weighted by molar-refractivity contribution is -0.132. The minimum atomic E-state index is -0.354. The van der Waals surface area contributed by atoms with Gasteiger partial charge in [0.2, 0.25) is 5.91 Å². The van der Waals surface area contributed by atoms with Crippen molar-refractivity contribution < 1.29 is 28.5 Å². The van der Waals surface area contributed by atoms with Crippen LogP contribution in [0.25, 0.3) is 22.2 Å². The molecular weight excluding hydrogens is 522 g/mol. The highest BCUT2D eigenvalue weighted by molar-refractivity contribution is 6.00. The number of nitrogens with one attached hydrogen (secondary N) is 1. The summed E-state index contributed by atoms with van der Waals surface area (Å²) in [6.07, 6.45) is 0.169. The second-order valence-electron chi connectivity index (χ2n) is 10.2. The summed E-state index contributed by atoms with van der Waals surface area (Å²) in [5.74, 6) is 2.34. The minimum absolute atomic E-state index is 0.0654. The van der Waals surface area contributed by atoms with Crippen molar-refractivity contribution in [2.45, 2.75) is 25.9 Å². The Labute approximate surface area is 238 Å². The Morgan fingerprint density at radius 2 is 1.78 bits per heavy atom. The van der Waals surface area contributed by atoms with E-state index in [9.17, 15) is 9.59 Å². The monoisotopic (exact) mass is 553 g/mol. The molecule has 1 atom stereocenters. The van der Waals surface area contributed by atoms with Crippen LogP contribution in [0, 0.1) is 6.92 Å². The number of amides is 2. The van der Waals surface area contributed by atoms with Gasteiger partial charge in [0.1, 0.15) is 23.6 Å². The van der Waals surface area contributed by atoms with E-state index in [1.807, 2.05) is 55.5 Å². The number of carbonyl (C=O) groups excluding carboxylic acids is 2. The van der Waals surface area contributed by atoms with Crippen molar-refractivity contribution in [2.75, 3.05) is 34.5 Å². The van der Waals surface area contributed by atoms with Crippen molar-refractivity contribution in [1.82, 2.24) is 15.2 Å². The van der Waals surface area contributed by atoms with Crippen LogP contribution >= 0.6 is 0 Å². The summed E-state index contributed by atoms with van der Waals surface area (Å²) in [6.45, 7) is 3.09. The lowest BCUT2D eigenvalue weighted by Crippen LogP contribution is -2.35. The van der Waals surface area contributed by atoms with Gasteiger partial charge in [-0.25, -0.2) is 4.98 Å². The number of hydrogen-bond acceptors (Lipinski definition) is 7.